The zero-order valence-electron chi connectivity index (χ0n) is 11.1. The molecule has 0 saturated carbocycles. The maximum absolute atomic E-state index is 12.3. The highest BCUT2D eigenvalue weighted by atomic mass is 31.2. The van der Waals surface area contributed by atoms with Crippen LogP contribution in [0.1, 0.15) is 31.1 Å². The Hall–Kier alpha value is -0.670. The second kappa shape index (κ2) is 7.05. The van der Waals surface area contributed by atoms with Gasteiger partial charge in [-0.3, -0.25) is 4.57 Å². The lowest BCUT2D eigenvalue weighted by Gasteiger charge is -2.20. The van der Waals surface area contributed by atoms with Gasteiger partial charge >= 0.3 is 7.60 Å². The minimum atomic E-state index is -3.20. The monoisotopic (exact) mass is 272 g/mol. The molecule has 102 valence electrons. The average Bonchev–Trinajstić information content (AvgIpc) is 2.30. The van der Waals surface area contributed by atoms with Crippen molar-refractivity contribution in [2.24, 2.45) is 0 Å². The molecule has 1 atom stereocenters. The molecule has 4 nitrogen and oxygen atoms in total. The van der Waals surface area contributed by atoms with Crippen LogP contribution in [0.15, 0.2) is 24.3 Å². The summed E-state index contributed by atoms with van der Waals surface area (Å²) in [5.74, 6) is 0. The molecule has 0 aliphatic heterocycles. The van der Waals surface area contributed by atoms with E-state index < -0.39 is 13.7 Å². The Labute approximate surface area is 108 Å². The summed E-state index contributed by atoms with van der Waals surface area (Å²) in [6.07, 6.45) is -0.855. The quantitative estimate of drug-likeness (QED) is 0.774. The lowest BCUT2D eigenvalue weighted by Crippen LogP contribution is -2.08. The van der Waals surface area contributed by atoms with Gasteiger partial charge in [-0.1, -0.05) is 29.8 Å². The normalized spacial score (nSPS) is 13.6. The van der Waals surface area contributed by atoms with Crippen LogP contribution in [0.25, 0.3) is 0 Å². The summed E-state index contributed by atoms with van der Waals surface area (Å²) >= 11 is 0. The van der Waals surface area contributed by atoms with Crippen LogP contribution >= 0.6 is 7.60 Å². The van der Waals surface area contributed by atoms with Gasteiger partial charge in [-0.2, -0.15) is 0 Å². The second-order valence-corrected chi connectivity index (χ2v) is 6.16. The van der Waals surface area contributed by atoms with Crippen molar-refractivity contribution in [3.8, 4) is 0 Å². The number of aliphatic hydroxyl groups is 1. The van der Waals surface area contributed by atoms with E-state index in [2.05, 4.69) is 0 Å². The van der Waals surface area contributed by atoms with E-state index >= 15 is 0 Å². The van der Waals surface area contributed by atoms with Crippen molar-refractivity contribution in [1.29, 1.82) is 0 Å². The Morgan fingerprint density at radius 1 is 1.17 bits per heavy atom. The zero-order valence-corrected chi connectivity index (χ0v) is 12.0. The summed E-state index contributed by atoms with van der Waals surface area (Å²) in [6.45, 7) is 6.09. The van der Waals surface area contributed by atoms with E-state index in [1.807, 2.05) is 31.2 Å². The second-order valence-electron chi connectivity index (χ2n) is 4.06. The number of aryl methyl sites for hydroxylation is 1. The molecule has 1 aromatic carbocycles. The predicted octanol–water partition coefficient (Wildman–Crippen LogP) is 3.29. The Morgan fingerprint density at radius 3 is 2.11 bits per heavy atom. The van der Waals surface area contributed by atoms with Gasteiger partial charge in [-0.25, -0.2) is 0 Å². The van der Waals surface area contributed by atoms with Gasteiger partial charge in [0.1, 0.15) is 0 Å². The Morgan fingerprint density at radius 2 is 1.67 bits per heavy atom. The van der Waals surface area contributed by atoms with Gasteiger partial charge in [0.05, 0.1) is 25.5 Å². The van der Waals surface area contributed by atoms with Crippen LogP contribution in [-0.2, 0) is 13.6 Å². The SMILES string of the molecule is CCOP(=O)(CC(O)c1ccc(C)cc1)OCC. The molecule has 0 bridgehead atoms. The van der Waals surface area contributed by atoms with E-state index in [4.69, 9.17) is 9.05 Å². The first kappa shape index (κ1) is 15.4. The third kappa shape index (κ3) is 4.54. The molecule has 0 heterocycles. The first-order chi connectivity index (χ1) is 8.50. The van der Waals surface area contributed by atoms with Crippen LogP contribution in [0.2, 0.25) is 0 Å². The van der Waals surface area contributed by atoms with Gasteiger partial charge in [0, 0.05) is 0 Å². The van der Waals surface area contributed by atoms with E-state index in [0.717, 1.165) is 11.1 Å². The van der Waals surface area contributed by atoms with E-state index in [-0.39, 0.29) is 6.16 Å². The minimum absolute atomic E-state index is 0.0161. The summed E-state index contributed by atoms with van der Waals surface area (Å²) in [7, 11) is -3.20. The highest BCUT2D eigenvalue weighted by Crippen LogP contribution is 2.50. The topological polar surface area (TPSA) is 55.8 Å². The van der Waals surface area contributed by atoms with Crippen molar-refractivity contribution in [1.82, 2.24) is 0 Å². The van der Waals surface area contributed by atoms with Crippen molar-refractivity contribution in [2.45, 2.75) is 26.9 Å². The summed E-state index contributed by atoms with van der Waals surface area (Å²) in [6, 6.07) is 7.46. The first-order valence-corrected chi connectivity index (χ1v) is 7.86. The maximum atomic E-state index is 12.3. The van der Waals surface area contributed by atoms with E-state index in [1.54, 1.807) is 13.8 Å². The largest absolute Gasteiger partial charge is 0.388 e. The minimum Gasteiger partial charge on any atom is -0.388 e. The van der Waals surface area contributed by atoms with Crippen LogP contribution in [0.3, 0.4) is 0 Å². The maximum Gasteiger partial charge on any atom is 0.333 e. The van der Waals surface area contributed by atoms with E-state index in [9.17, 15) is 9.67 Å². The third-order valence-corrected chi connectivity index (χ3v) is 4.61. The number of benzene rings is 1. The molecule has 0 saturated heterocycles. The molecule has 0 spiro atoms. The number of rotatable bonds is 7. The van der Waals surface area contributed by atoms with E-state index in [1.165, 1.54) is 0 Å². The molecule has 0 aliphatic rings. The third-order valence-electron chi connectivity index (χ3n) is 2.51. The summed E-state index contributed by atoms with van der Waals surface area (Å²) in [5, 5.41) is 10.1. The Kier molecular flexibility index (Phi) is 6.03. The summed E-state index contributed by atoms with van der Waals surface area (Å²) < 4.78 is 22.6. The fraction of sp³-hybridized carbons (Fsp3) is 0.538. The molecular weight excluding hydrogens is 251 g/mol. The molecule has 0 amide bonds. The number of aliphatic hydroxyl groups excluding tert-OH is 1. The van der Waals surface area contributed by atoms with Crippen molar-refractivity contribution in [2.75, 3.05) is 19.4 Å². The molecular formula is C13H21O4P. The average molecular weight is 272 g/mol. The Balaban J connectivity index is 2.74. The van der Waals surface area contributed by atoms with Crippen LogP contribution < -0.4 is 0 Å². The fourth-order valence-corrected chi connectivity index (χ4v) is 3.35. The molecule has 1 rings (SSSR count). The first-order valence-electron chi connectivity index (χ1n) is 6.13. The van der Waals surface area contributed by atoms with Crippen molar-refractivity contribution < 1.29 is 18.7 Å². The standard InChI is InChI=1S/C13H21O4P/c1-4-16-18(15,17-5-2)10-13(14)12-8-6-11(3)7-9-12/h6-9,13-14H,4-5,10H2,1-3H3. The lowest BCUT2D eigenvalue weighted by atomic mass is 10.1. The molecule has 1 aromatic rings. The molecule has 0 aliphatic carbocycles. The summed E-state index contributed by atoms with van der Waals surface area (Å²) in [4.78, 5) is 0. The van der Waals surface area contributed by atoms with Crippen LogP contribution in [0.4, 0.5) is 0 Å². The lowest BCUT2D eigenvalue weighted by molar-refractivity contribution is 0.170. The van der Waals surface area contributed by atoms with Gasteiger partial charge in [0.15, 0.2) is 0 Å². The van der Waals surface area contributed by atoms with Crippen molar-refractivity contribution >= 4 is 7.60 Å². The molecule has 1 unspecified atom stereocenters. The zero-order chi connectivity index (χ0) is 13.6. The molecule has 1 N–H and O–H groups in total. The van der Waals surface area contributed by atoms with Crippen molar-refractivity contribution in [3.63, 3.8) is 0 Å². The predicted molar refractivity (Wildman–Crippen MR) is 71.9 cm³/mol. The van der Waals surface area contributed by atoms with Crippen LogP contribution in [0, 0.1) is 6.92 Å². The highest BCUT2D eigenvalue weighted by molar-refractivity contribution is 7.53. The van der Waals surface area contributed by atoms with Gasteiger partial charge in [-0.05, 0) is 26.3 Å². The van der Waals surface area contributed by atoms with Crippen molar-refractivity contribution in [3.05, 3.63) is 35.4 Å². The molecule has 18 heavy (non-hydrogen) atoms. The van der Waals surface area contributed by atoms with Gasteiger partial charge in [-0.15, -0.1) is 0 Å². The Bertz CT molecular complexity index is 392. The molecule has 0 aromatic heterocycles. The van der Waals surface area contributed by atoms with Gasteiger partial charge < -0.3 is 14.2 Å². The van der Waals surface area contributed by atoms with Crippen LogP contribution in [-0.4, -0.2) is 24.5 Å². The molecule has 0 radical (unpaired) electrons. The fourth-order valence-electron chi connectivity index (χ4n) is 1.64. The molecule has 0 fully saturated rings. The highest BCUT2D eigenvalue weighted by Gasteiger charge is 2.28. The van der Waals surface area contributed by atoms with E-state index in [0.29, 0.717) is 13.2 Å². The molecule has 5 heteroatoms. The van der Waals surface area contributed by atoms with Gasteiger partial charge in [0.2, 0.25) is 0 Å². The number of hydrogen-bond acceptors (Lipinski definition) is 4. The van der Waals surface area contributed by atoms with Gasteiger partial charge in [0.25, 0.3) is 0 Å². The van der Waals surface area contributed by atoms with Crippen LogP contribution in [0.5, 0.6) is 0 Å². The summed E-state index contributed by atoms with van der Waals surface area (Å²) in [5.41, 5.74) is 1.84. The number of hydrogen-bond donors (Lipinski definition) is 1. The smallest absolute Gasteiger partial charge is 0.333 e.